The highest BCUT2D eigenvalue weighted by molar-refractivity contribution is 5.95. The molecule has 2 saturated carbocycles. The maximum atomic E-state index is 13.9. The van der Waals surface area contributed by atoms with E-state index in [-0.39, 0.29) is 17.9 Å². The number of carbonyl (C=O) groups is 1. The number of methoxy groups -OCH3 is 1. The number of anilines is 1. The van der Waals surface area contributed by atoms with Crippen LogP contribution in [-0.4, -0.2) is 45.8 Å². The molecule has 1 heterocycles. The third-order valence-electron chi connectivity index (χ3n) is 8.30. The number of hydrogen-bond acceptors (Lipinski definition) is 5. The van der Waals surface area contributed by atoms with Crippen LogP contribution in [0.25, 0.3) is 5.69 Å². The number of allylic oxidation sites excluding steroid dienone is 4. The van der Waals surface area contributed by atoms with E-state index < -0.39 is 0 Å². The van der Waals surface area contributed by atoms with Gasteiger partial charge >= 0.3 is 0 Å². The Balaban J connectivity index is 1.47. The van der Waals surface area contributed by atoms with Gasteiger partial charge in [0.2, 0.25) is 5.91 Å². The van der Waals surface area contributed by atoms with Crippen molar-refractivity contribution in [2.75, 3.05) is 18.6 Å². The number of carbonyl (C=O) groups excluding carboxylic acids is 1. The van der Waals surface area contributed by atoms with Gasteiger partial charge in [-0.15, -0.1) is 5.10 Å². The number of amides is 1. The summed E-state index contributed by atoms with van der Waals surface area (Å²) in [6.45, 7) is 11.1. The zero-order valence-corrected chi connectivity index (χ0v) is 24.0. The predicted molar refractivity (Wildman–Crippen MR) is 156 cm³/mol. The van der Waals surface area contributed by atoms with Crippen molar-refractivity contribution in [1.29, 1.82) is 0 Å². The zero-order chi connectivity index (χ0) is 27.9. The largest absolute Gasteiger partial charge is 0.497 e. The van der Waals surface area contributed by atoms with Crippen LogP contribution in [0.3, 0.4) is 0 Å². The molecule has 7 heteroatoms. The number of aliphatic hydroxyl groups is 1. The van der Waals surface area contributed by atoms with E-state index in [2.05, 4.69) is 23.0 Å². The van der Waals surface area contributed by atoms with Gasteiger partial charge in [-0.05, 0) is 114 Å². The van der Waals surface area contributed by atoms with Crippen molar-refractivity contribution in [1.82, 2.24) is 15.0 Å². The zero-order valence-electron chi connectivity index (χ0n) is 24.0. The molecule has 0 bridgehead atoms. The molecule has 1 amide bonds. The highest BCUT2D eigenvalue weighted by atomic mass is 16.5. The van der Waals surface area contributed by atoms with Crippen LogP contribution in [-0.2, 0) is 9.53 Å². The maximum Gasteiger partial charge on any atom is 0.230 e. The van der Waals surface area contributed by atoms with Crippen molar-refractivity contribution in [3.05, 3.63) is 71.8 Å². The molecule has 4 rings (SSSR count). The van der Waals surface area contributed by atoms with Crippen LogP contribution in [0.4, 0.5) is 5.69 Å². The molecule has 2 aliphatic carbocycles. The lowest BCUT2D eigenvalue weighted by Crippen LogP contribution is -2.42. The van der Waals surface area contributed by atoms with Crippen LogP contribution in [0.5, 0.6) is 0 Å². The lowest BCUT2D eigenvalue weighted by Gasteiger charge is -2.36. The van der Waals surface area contributed by atoms with Crippen LogP contribution in [0.15, 0.2) is 66.1 Å². The lowest BCUT2D eigenvalue weighted by molar-refractivity contribution is -0.124. The highest BCUT2D eigenvalue weighted by Crippen LogP contribution is 2.36. The van der Waals surface area contributed by atoms with E-state index in [1.165, 1.54) is 0 Å². The number of rotatable bonds is 9. The molecular weight excluding hydrogens is 488 g/mol. The number of benzene rings is 1. The van der Waals surface area contributed by atoms with Gasteiger partial charge in [0, 0.05) is 18.2 Å². The SMILES string of the molecule is C=C(/C=C\C(OC)=C(C)C)[C@H]1CC[C@H](CN(c2cccc(-n3cc(C)nn3)c2)C(=O)[C@H]2CC[C@H](O)CC2)CC1. The van der Waals surface area contributed by atoms with Gasteiger partial charge in [-0.2, -0.15) is 0 Å². The molecule has 0 radical (unpaired) electrons. The van der Waals surface area contributed by atoms with E-state index in [0.717, 1.165) is 72.5 Å². The number of aryl methyl sites for hydroxylation is 1. The number of ether oxygens (including phenoxy) is 1. The van der Waals surface area contributed by atoms with Crippen LogP contribution in [0.2, 0.25) is 0 Å². The Morgan fingerprint density at radius 2 is 1.79 bits per heavy atom. The average molecular weight is 533 g/mol. The number of hydrogen-bond donors (Lipinski definition) is 1. The molecule has 39 heavy (non-hydrogen) atoms. The Bertz CT molecular complexity index is 1190. The van der Waals surface area contributed by atoms with Gasteiger partial charge in [0.25, 0.3) is 0 Å². The molecule has 1 aromatic carbocycles. The fourth-order valence-corrected chi connectivity index (χ4v) is 5.87. The van der Waals surface area contributed by atoms with E-state index in [1.54, 1.807) is 11.8 Å². The molecule has 7 nitrogen and oxygen atoms in total. The van der Waals surface area contributed by atoms with Crippen molar-refractivity contribution in [3.8, 4) is 5.69 Å². The topological polar surface area (TPSA) is 80.5 Å². The van der Waals surface area contributed by atoms with E-state index in [4.69, 9.17) is 4.74 Å². The molecule has 0 aliphatic heterocycles. The summed E-state index contributed by atoms with van der Waals surface area (Å²) in [5.74, 6) is 1.91. The van der Waals surface area contributed by atoms with Crippen LogP contribution in [0.1, 0.15) is 70.9 Å². The van der Waals surface area contributed by atoms with Gasteiger partial charge in [-0.25, -0.2) is 4.68 Å². The molecule has 2 fully saturated rings. The Kier molecular flexibility index (Phi) is 9.78. The molecule has 0 unspecified atom stereocenters. The van der Waals surface area contributed by atoms with Crippen LogP contribution >= 0.6 is 0 Å². The Labute approximate surface area is 233 Å². The molecular formula is C32H44N4O3. The van der Waals surface area contributed by atoms with Gasteiger partial charge < -0.3 is 14.7 Å². The summed E-state index contributed by atoms with van der Waals surface area (Å²) in [6.07, 6.45) is 12.9. The van der Waals surface area contributed by atoms with Crippen molar-refractivity contribution >= 4 is 11.6 Å². The molecule has 0 atom stereocenters. The fourth-order valence-electron chi connectivity index (χ4n) is 5.87. The Morgan fingerprint density at radius 1 is 1.10 bits per heavy atom. The summed E-state index contributed by atoms with van der Waals surface area (Å²) in [5, 5.41) is 18.4. The minimum absolute atomic E-state index is 0.0445. The summed E-state index contributed by atoms with van der Waals surface area (Å²) in [5.41, 5.74) is 4.93. The highest BCUT2D eigenvalue weighted by Gasteiger charge is 2.32. The summed E-state index contributed by atoms with van der Waals surface area (Å²) >= 11 is 0. The number of aromatic nitrogens is 3. The Hall–Kier alpha value is -3.19. The number of aliphatic hydroxyl groups excluding tert-OH is 1. The van der Waals surface area contributed by atoms with Crippen LogP contribution < -0.4 is 4.90 Å². The average Bonchev–Trinajstić information content (AvgIpc) is 3.38. The number of nitrogens with zero attached hydrogens (tertiary/aromatic N) is 4. The molecule has 0 spiro atoms. The normalized spacial score (nSPS) is 23.4. The smallest absolute Gasteiger partial charge is 0.230 e. The lowest BCUT2D eigenvalue weighted by atomic mass is 9.78. The van der Waals surface area contributed by atoms with Gasteiger partial charge in [0.15, 0.2) is 0 Å². The maximum absolute atomic E-state index is 13.9. The van der Waals surface area contributed by atoms with Gasteiger partial charge in [0.05, 0.1) is 30.8 Å². The molecule has 210 valence electrons. The first-order chi connectivity index (χ1) is 18.7. The standard InChI is InChI=1S/C32H44N4O3/c1-22(2)31(39-5)18-9-23(3)26-12-10-25(11-13-26)21-35(32(38)27-14-16-30(37)17-15-27)28-7-6-8-29(19-28)36-20-24(4)33-34-36/h6-9,18-20,25-27,30,37H,3,10-17,21H2,1-2,4-5H3/b18-9-/t25-,26-,27-,30-. The van der Waals surface area contributed by atoms with Crippen molar-refractivity contribution in [3.63, 3.8) is 0 Å². The first kappa shape index (κ1) is 28.8. The van der Waals surface area contributed by atoms with E-state index in [0.29, 0.717) is 31.2 Å². The van der Waals surface area contributed by atoms with Gasteiger partial charge in [0.1, 0.15) is 5.76 Å². The van der Waals surface area contributed by atoms with E-state index >= 15 is 0 Å². The fraction of sp³-hybridized carbons (Fsp3) is 0.531. The monoisotopic (exact) mass is 532 g/mol. The predicted octanol–water partition coefficient (Wildman–Crippen LogP) is 6.32. The van der Waals surface area contributed by atoms with Crippen molar-refractivity contribution in [2.24, 2.45) is 17.8 Å². The van der Waals surface area contributed by atoms with Gasteiger partial charge in [-0.1, -0.05) is 29.5 Å². The minimum atomic E-state index is -0.282. The summed E-state index contributed by atoms with van der Waals surface area (Å²) in [6, 6.07) is 8.04. The first-order valence-corrected chi connectivity index (χ1v) is 14.3. The molecule has 1 aromatic heterocycles. The van der Waals surface area contributed by atoms with Gasteiger partial charge in [-0.3, -0.25) is 4.79 Å². The molecule has 2 aliphatic rings. The third kappa shape index (κ3) is 7.47. The summed E-state index contributed by atoms with van der Waals surface area (Å²) in [7, 11) is 1.70. The Morgan fingerprint density at radius 3 is 2.41 bits per heavy atom. The van der Waals surface area contributed by atoms with Crippen molar-refractivity contribution < 1.29 is 14.6 Å². The minimum Gasteiger partial charge on any atom is -0.497 e. The summed E-state index contributed by atoms with van der Waals surface area (Å²) in [4.78, 5) is 15.9. The third-order valence-corrected chi connectivity index (χ3v) is 8.30. The second-order valence-electron chi connectivity index (χ2n) is 11.5. The molecule has 1 N–H and O–H groups in total. The first-order valence-electron chi connectivity index (χ1n) is 14.3. The summed E-state index contributed by atoms with van der Waals surface area (Å²) < 4.78 is 7.22. The molecule has 2 aromatic rings. The second kappa shape index (κ2) is 13.2. The molecule has 0 saturated heterocycles. The van der Waals surface area contributed by atoms with E-state index in [9.17, 15) is 9.90 Å². The van der Waals surface area contributed by atoms with E-state index in [1.807, 2.05) is 62.2 Å². The quantitative estimate of drug-likeness (QED) is 0.302. The van der Waals surface area contributed by atoms with Crippen LogP contribution in [0, 0.1) is 24.7 Å². The second-order valence-corrected chi connectivity index (χ2v) is 11.5. The van der Waals surface area contributed by atoms with Crippen molar-refractivity contribution in [2.45, 2.75) is 78.2 Å².